The van der Waals surface area contributed by atoms with Gasteiger partial charge in [-0.15, -0.1) is 0 Å². The molecule has 136 valence electrons. The lowest BCUT2D eigenvalue weighted by atomic mass is 9.95. The molecule has 0 amide bonds. The summed E-state index contributed by atoms with van der Waals surface area (Å²) in [5.74, 6) is 2.57. The number of aromatic nitrogens is 2. The fourth-order valence-electron chi connectivity index (χ4n) is 3.27. The van der Waals surface area contributed by atoms with E-state index in [-0.39, 0.29) is 5.41 Å². The second-order valence-electron chi connectivity index (χ2n) is 8.30. The summed E-state index contributed by atoms with van der Waals surface area (Å²) in [7, 11) is 1.70. The van der Waals surface area contributed by atoms with Crippen LogP contribution in [0.2, 0.25) is 0 Å². The standard InChI is InChI=1S/C19H34N4O/c1-14-8-7-9-23(11-14)12-15(2)20-17-10-16(13-24-6)21-18(22-17)19(3,4)5/h10,14-15H,7-9,11-13H2,1-6H3,(H,20,21,22). The van der Waals surface area contributed by atoms with Crippen LogP contribution in [0.1, 0.15) is 59.0 Å². The van der Waals surface area contributed by atoms with Gasteiger partial charge in [0.25, 0.3) is 0 Å². The Bertz CT molecular complexity index is 527. The van der Waals surface area contributed by atoms with Crippen molar-refractivity contribution in [2.75, 3.05) is 32.1 Å². The van der Waals surface area contributed by atoms with Crippen molar-refractivity contribution in [2.24, 2.45) is 5.92 Å². The quantitative estimate of drug-likeness (QED) is 0.863. The molecule has 2 rings (SSSR count). The molecule has 2 heterocycles. The normalized spacial score (nSPS) is 20.8. The van der Waals surface area contributed by atoms with Gasteiger partial charge in [0.1, 0.15) is 11.6 Å². The van der Waals surface area contributed by atoms with Crippen LogP contribution in [-0.4, -0.2) is 47.7 Å². The maximum Gasteiger partial charge on any atom is 0.136 e. The third kappa shape index (κ3) is 5.71. The van der Waals surface area contributed by atoms with E-state index in [4.69, 9.17) is 9.72 Å². The summed E-state index contributed by atoms with van der Waals surface area (Å²) in [6.45, 7) is 15.0. The van der Waals surface area contributed by atoms with Gasteiger partial charge in [0.05, 0.1) is 12.3 Å². The Morgan fingerprint density at radius 2 is 2.12 bits per heavy atom. The van der Waals surface area contributed by atoms with Crippen molar-refractivity contribution >= 4 is 5.82 Å². The third-order valence-corrected chi connectivity index (χ3v) is 4.41. The fourth-order valence-corrected chi connectivity index (χ4v) is 3.27. The molecule has 1 N–H and O–H groups in total. The average Bonchev–Trinajstić information content (AvgIpc) is 2.46. The number of ether oxygens (including phenoxy) is 1. The van der Waals surface area contributed by atoms with Gasteiger partial charge in [-0.3, -0.25) is 0 Å². The van der Waals surface area contributed by atoms with Crippen molar-refractivity contribution in [3.63, 3.8) is 0 Å². The zero-order valence-corrected chi connectivity index (χ0v) is 16.2. The maximum atomic E-state index is 5.26. The van der Waals surface area contributed by atoms with Gasteiger partial charge in [-0.05, 0) is 32.2 Å². The monoisotopic (exact) mass is 334 g/mol. The molecule has 1 aromatic rings. The lowest BCUT2D eigenvalue weighted by molar-refractivity contribution is 0.179. The van der Waals surface area contributed by atoms with Crippen LogP contribution in [0.3, 0.4) is 0 Å². The summed E-state index contributed by atoms with van der Waals surface area (Å²) in [6.07, 6.45) is 2.67. The molecule has 1 aliphatic rings. The highest BCUT2D eigenvalue weighted by molar-refractivity contribution is 5.38. The van der Waals surface area contributed by atoms with Crippen molar-refractivity contribution in [2.45, 2.75) is 65.5 Å². The number of nitrogens with zero attached hydrogens (tertiary/aromatic N) is 3. The second-order valence-corrected chi connectivity index (χ2v) is 8.30. The predicted molar refractivity (Wildman–Crippen MR) is 99.4 cm³/mol. The van der Waals surface area contributed by atoms with Crippen LogP contribution in [0, 0.1) is 5.92 Å². The van der Waals surface area contributed by atoms with E-state index in [1.165, 1.54) is 25.9 Å². The third-order valence-electron chi connectivity index (χ3n) is 4.41. The number of anilines is 1. The molecule has 5 nitrogen and oxygen atoms in total. The molecule has 5 heteroatoms. The summed E-state index contributed by atoms with van der Waals surface area (Å²) in [5.41, 5.74) is 0.852. The average molecular weight is 335 g/mol. The van der Waals surface area contributed by atoms with E-state index in [0.29, 0.717) is 12.6 Å². The number of hydrogen-bond acceptors (Lipinski definition) is 5. The Hall–Kier alpha value is -1.20. The molecular weight excluding hydrogens is 300 g/mol. The zero-order valence-electron chi connectivity index (χ0n) is 16.2. The Balaban J connectivity index is 2.05. The first-order chi connectivity index (χ1) is 11.3. The minimum atomic E-state index is -0.0777. The lowest BCUT2D eigenvalue weighted by Crippen LogP contribution is -2.41. The Morgan fingerprint density at radius 3 is 2.75 bits per heavy atom. The van der Waals surface area contributed by atoms with E-state index in [9.17, 15) is 0 Å². The van der Waals surface area contributed by atoms with E-state index in [1.54, 1.807) is 7.11 Å². The first-order valence-electron chi connectivity index (χ1n) is 9.14. The van der Waals surface area contributed by atoms with E-state index < -0.39 is 0 Å². The summed E-state index contributed by atoms with van der Waals surface area (Å²) < 4.78 is 5.26. The fraction of sp³-hybridized carbons (Fsp3) is 0.789. The van der Waals surface area contributed by atoms with Crippen molar-refractivity contribution in [3.8, 4) is 0 Å². The van der Waals surface area contributed by atoms with Crippen molar-refractivity contribution < 1.29 is 4.74 Å². The molecule has 2 unspecified atom stereocenters. The second kappa shape index (κ2) is 8.26. The van der Waals surface area contributed by atoms with Gasteiger partial charge < -0.3 is 15.0 Å². The van der Waals surface area contributed by atoms with Gasteiger partial charge in [0.15, 0.2) is 0 Å². The molecule has 24 heavy (non-hydrogen) atoms. The summed E-state index contributed by atoms with van der Waals surface area (Å²) >= 11 is 0. The largest absolute Gasteiger partial charge is 0.378 e. The van der Waals surface area contributed by atoms with E-state index in [0.717, 1.165) is 29.8 Å². The topological polar surface area (TPSA) is 50.3 Å². The Morgan fingerprint density at radius 1 is 1.38 bits per heavy atom. The molecule has 1 saturated heterocycles. The number of methoxy groups -OCH3 is 1. The summed E-state index contributed by atoms with van der Waals surface area (Å²) in [6, 6.07) is 2.36. The Labute approximate surface area is 147 Å². The van der Waals surface area contributed by atoms with Crippen LogP contribution in [-0.2, 0) is 16.8 Å². The van der Waals surface area contributed by atoms with Gasteiger partial charge in [-0.1, -0.05) is 27.7 Å². The predicted octanol–water partition coefficient (Wildman–Crippen LogP) is 3.45. The van der Waals surface area contributed by atoms with Crippen LogP contribution in [0.4, 0.5) is 5.82 Å². The minimum absolute atomic E-state index is 0.0777. The smallest absolute Gasteiger partial charge is 0.136 e. The SMILES string of the molecule is COCc1cc(NC(C)CN2CCCC(C)C2)nc(C(C)(C)C)n1. The first kappa shape index (κ1) is 19.1. The number of rotatable bonds is 6. The lowest BCUT2D eigenvalue weighted by Gasteiger charge is -2.33. The highest BCUT2D eigenvalue weighted by atomic mass is 16.5. The summed E-state index contributed by atoms with van der Waals surface area (Å²) in [4.78, 5) is 11.9. The zero-order chi connectivity index (χ0) is 17.7. The van der Waals surface area contributed by atoms with Gasteiger partial charge >= 0.3 is 0 Å². The van der Waals surface area contributed by atoms with Crippen LogP contribution in [0.5, 0.6) is 0 Å². The number of piperidine rings is 1. The highest BCUT2D eigenvalue weighted by Gasteiger charge is 2.21. The molecule has 0 radical (unpaired) electrons. The van der Waals surface area contributed by atoms with Crippen molar-refractivity contribution in [1.82, 2.24) is 14.9 Å². The molecule has 0 saturated carbocycles. The van der Waals surface area contributed by atoms with Gasteiger partial charge in [0.2, 0.25) is 0 Å². The number of hydrogen-bond donors (Lipinski definition) is 1. The van der Waals surface area contributed by atoms with Gasteiger partial charge in [-0.25, -0.2) is 9.97 Å². The van der Waals surface area contributed by atoms with Crippen LogP contribution in [0.15, 0.2) is 6.07 Å². The molecule has 1 fully saturated rings. The van der Waals surface area contributed by atoms with E-state index in [1.807, 2.05) is 6.07 Å². The van der Waals surface area contributed by atoms with E-state index in [2.05, 4.69) is 49.8 Å². The van der Waals surface area contributed by atoms with Gasteiger partial charge in [0, 0.05) is 37.7 Å². The van der Waals surface area contributed by atoms with Crippen molar-refractivity contribution in [3.05, 3.63) is 17.6 Å². The van der Waals surface area contributed by atoms with Crippen LogP contribution < -0.4 is 5.32 Å². The first-order valence-corrected chi connectivity index (χ1v) is 9.14. The molecular formula is C19H34N4O. The van der Waals surface area contributed by atoms with Gasteiger partial charge in [-0.2, -0.15) is 0 Å². The highest BCUT2D eigenvalue weighted by Crippen LogP contribution is 2.21. The van der Waals surface area contributed by atoms with Crippen LogP contribution in [0.25, 0.3) is 0 Å². The molecule has 2 atom stereocenters. The molecule has 1 aromatic heterocycles. The van der Waals surface area contributed by atoms with E-state index >= 15 is 0 Å². The molecule has 0 aromatic carbocycles. The minimum Gasteiger partial charge on any atom is -0.378 e. The molecule has 0 bridgehead atoms. The number of likely N-dealkylation sites (tertiary alicyclic amines) is 1. The van der Waals surface area contributed by atoms with Crippen molar-refractivity contribution in [1.29, 1.82) is 0 Å². The Kier molecular flexibility index (Phi) is 6.58. The molecule has 0 aliphatic carbocycles. The van der Waals surface area contributed by atoms with Crippen LogP contribution >= 0.6 is 0 Å². The molecule has 0 spiro atoms. The summed E-state index contributed by atoms with van der Waals surface area (Å²) in [5, 5.41) is 3.57. The maximum absolute atomic E-state index is 5.26. The molecule has 1 aliphatic heterocycles. The number of nitrogens with one attached hydrogen (secondary N) is 1.